The minimum atomic E-state index is -2.91. The number of rotatable bonds is 2. The normalized spacial score (nSPS) is 22.2. The van der Waals surface area contributed by atoms with Gasteiger partial charge < -0.3 is 9.64 Å². The zero-order valence-electron chi connectivity index (χ0n) is 11.0. The molecule has 0 bridgehead atoms. The lowest BCUT2D eigenvalue weighted by molar-refractivity contribution is -0.00609. The minimum Gasteiger partial charge on any atom is -0.465 e. The number of methoxy groups -OCH3 is 1. The van der Waals surface area contributed by atoms with Crippen molar-refractivity contribution in [3.8, 4) is 0 Å². The van der Waals surface area contributed by atoms with Crippen molar-refractivity contribution in [2.75, 3.05) is 25.1 Å². The Hall–Kier alpha value is -1.43. The number of anilines is 1. The predicted molar refractivity (Wildman–Crippen MR) is 71.6 cm³/mol. The van der Waals surface area contributed by atoms with Gasteiger partial charge in [-0.2, -0.15) is 0 Å². The highest BCUT2D eigenvalue weighted by Gasteiger charge is 2.41. The fourth-order valence-corrected chi connectivity index (χ4v) is 2.37. The third-order valence-corrected chi connectivity index (χ3v) is 3.85. The third kappa shape index (κ3) is 3.00. The number of aromatic nitrogens is 1. The molecule has 1 fully saturated rings. The van der Waals surface area contributed by atoms with Crippen LogP contribution >= 0.6 is 11.6 Å². The maximum atomic E-state index is 13.6. The first-order chi connectivity index (χ1) is 9.45. The van der Waals surface area contributed by atoms with E-state index in [1.807, 2.05) is 0 Å². The molecule has 0 aliphatic carbocycles. The van der Waals surface area contributed by atoms with Crippen molar-refractivity contribution >= 4 is 23.4 Å². The summed E-state index contributed by atoms with van der Waals surface area (Å²) in [5.74, 6) is -3.08. The molecule has 2 rings (SSSR count). The molecular formula is C13H15ClF2N2O2. The van der Waals surface area contributed by atoms with Crippen LogP contribution in [0.25, 0.3) is 0 Å². The number of alkyl halides is 3. The summed E-state index contributed by atoms with van der Waals surface area (Å²) in [7, 11) is 1.27. The third-order valence-electron chi connectivity index (χ3n) is 3.32. The van der Waals surface area contributed by atoms with E-state index >= 15 is 0 Å². The Morgan fingerprint density at radius 2 is 2.30 bits per heavy atom. The van der Waals surface area contributed by atoms with Crippen LogP contribution in [0.1, 0.15) is 23.2 Å². The van der Waals surface area contributed by atoms with Gasteiger partial charge in [0, 0.05) is 25.7 Å². The van der Waals surface area contributed by atoms with E-state index < -0.39 is 17.3 Å². The summed E-state index contributed by atoms with van der Waals surface area (Å²) < 4.78 is 31.9. The quantitative estimate of drug-likeness (QED) is 0.622. The molecule has 1 atom stereocenters. The van der Waals surface area contributed by atoms with Gasteiger partial charge >= 0.3 is 5.97 Å². The molecule has 1 unspecified atom stereocenters. The van der Waals surface area contributed by atoms with E-state index in [0.717, 1.165) is 0 Å². The van der Waals surface area contributed by atoms with Crippen LogP contribution in [0.3, 0.4) is 0 Å². The van der Waals surface area contributed by atoms with Crippen LogP contribution in [-0.2, 0) is 4.74 Å². The Labute approximate surface area is 120 Å². The first kappa shape index (κ1) is 15.0. The molecule has 1 aromatic heterocycles. The molecule has 0 saturated carbocycles. The van der Waals surface area contributed by atoms with Crippen molar-refractivity contribution in [2.24, 2.45) is 0 Å². The molecule has 20 heavy (non-hydrogen) atoms. The van der Waals surface area contributed by atoms with Crippen LogP contribution < -0.4 is 4.90 Å². The number of esters is 1. The first-order valence-corrected chi connectivity index (χ1v) is 6.69. The number of pyridine rings is 1. The number of carbonyl (C=O) groups is 1. The van der Waals surface area contributed by atoms with Crippen LogP contribution in [0.15, 0.2) is 18.3 Å². The van der Waals surface area contributed by atoms with Crippen LogP contribution in [-0.4, -0.2) is 42.5 Å². The van der Waals surface area contributed by atoms with Gasteiger partial charge in [-0.15, -0.1) is 11.6 Å². The van der Waals surface area contributed by atoms with E-state index in [1.54, 1.807) is 17.0 Å². The van der Waals surface area contributed by atoms with Gasteiger partial charge in [0.2, 0.25) is 0 Å². The molecular weight excluding hydrogens is 290 g/mol. The highest BCUT2D eigenvalue weighted by Crippen LogP contribution is 2.34. The molecule has 2 heterocycles. The zero-order chi connectivity index (χ0) is 14.8. The second-order valence-electron chi connectivity index (χ2n) is 4.62. The summed E-state index contributed by atoms with van der Waals surface area (Å²) in [6.45, 7) is 0.419. The molecule has 1 aliphatic rings. The van der Waals surface area contributed by atoms with Gasteiger partial charge in [-0.25, -0.2) is 18.6 Å². The fraction of sp³-hybridized carbons (Fsp3) is 0.538. The van der Waals surface area contributed by atoms with Gasteiger partial charge in [0.05, 0.1) is 12.5 Å². The maximum absolute atomic E-state index is 13.6. The lowest BCUT2D eigenvalue weighted by Gasteiger charge is -2.23. The molecule has 1 saturated heterocycles. The average Bonchev–Trinajstić information content (AvgIpc) is 2.58. The van der Waals surface area contributed by atoms with Gasteiger partial charge in [-0.05, 0) is 18.6 Å². The summed E-state index contributed by atoms with van der Waals surface area (Å²) >= 11 is 5.71. The number of hydrogen-bond donors (Lipinski definition) is 0. The summed E-state index contributed by atoms with van der Waals surface area (Å²) in [5, 5.41) is -1.20. The fourth-order valence-electron chi connectivity index (χ4n) is 2.16. The van der Waals surface area contributed by atoms with Crippen molar-refractivity contribution in [3.63, 3.8) is 0 Å². The Bertz CT molecular complexity index is 499. The Morgan fingerprint density at radius 3 is 3.00 bits per heavy atom. The molecule has 0 radical (unpaired) electrons. The van der Waals surface area contributed by atoms with Crippen LogP contribution in [0.2, 0.25) is 0 Å². The number of carbonyl (C=O) groups excluding carboxylic acids is 1. The Balaban J connectivity index is 2.26. The van der Waals surface area contributed by atoms with Gasteiger partial charge in [0.1, 0.15) is 11.4 Å². The summed E-state index contributed by atoms with van der Waals surface area (Å²) in [4.78, 5) is 17.5. The van der Waals surface area contributed by atoms with Crippen molar-refractivity contribution < 1.29 is 18.3 Å². The Kier molecular flexibility index (Phi) is 4.42. The molecule has 0 N–H and O–H groups in total. The average molecular weight is 305 g/mol. The molecule has 110 valence electrons. The van der Waals surface area contributed by atoms with E-state index in [-0.39, 0.29) is 24.9 Å². The summed E-state index contributed by atoms with van der Waals surface area (Å²) in [6.07, 6.45) is 1.28. The summed E-state index contributed by atoms with van der Waals surface area (Å²) in [6, 6.07) is 3.17. The smallest absolute Gasteiger partial charge is 0.341 e. The molecule has 1 aromatic rings. The van der Waals surface area contributed by atoms with E-state index in [2.05, 4.69) is 9.72 Å². The van der Waals surface area contributed by atoms with E-state index in [4.69, 9.17) is 11.6 Å². The van der Waals surface area contributed by atoms with Gasteiger partial charge in [-0.1, -0.05) is 0 Å². The lowest BCUT2D eigenvalue weighted by atomic mass is 10.1. The van der Waals surface area contributed by atoms with Gasteiger partial charge in [-0.3, -0.25) is 0 Å². The van der Waals surface area contributed by atoms with Gasteiger partial charge in [0.25, 0.3) is 5.92 Å². The standard InChI is InChI=1S/C13H15ClF2N2O2/c1-20-12(19)9-3-2-6-17-11(9)18-7-4-10(14)13(15,16)5-8-18/h2-3,6,10H,4-5,7-8H2,1H3. The highest BCUT2D eigenvalue weighted by molar-refractivity contribution is 6.21. The predicted octanol–water partition coefficient (Wildman–Crippen LogP) is 2.71. The van der Waals surface area contributed by atoms with Crippen LogP contribution in [0.4, 0.5) is 14.6 Å². The van der Waals surface area contributed by atoms with E-state index in [0.29, 0.717) is 12.4 Å². The molecule has 1 aliphatic heterocycles. The monoisotopic (exact) mass is 304 g/mol. The molecule has 0 spiro atoms. The molecule has 0 aromatic carbocycles. The number of nitrogens with zero attached hydrogens (tertiary/aromatic N) is 2. The summed E-state index contributed by atoms with van der Waals surface area (Å²) in [5.41, 5.74) is 0.270. The second kappa shape index (κ2) is 5.91. The number of halogens is 3. The maximum Gasteiger partial charge on any atom is 0.341 e. The van der Waals surface area contributed by atoms with Crippen LogP contribution in [0.5, 0.6) is 0 Å². The molecule has 7 heteroatoms. The zero-order valence-corrected chi connectivity index (χ0v) is 11.7. The number of hydrogen-bond acceptors (Lipinski definition) is 4. The van der Waals surface area contributed by atoms with Crippen molar-refractivity contribution in [1.29, 1.82) is 0 Å². The minimum absolute atomic E-state index is 0.0945. The van der Waals surface area contributed by atoms with Crippen LogP contribution in [0, 0.1) is 0 Å². The lowest BCUT2D eigenvalue weighted by Crippen LogP contribution is -2.29. The van der Waals surface area contributed by atoms with E-state index in [9.17, 15) is 13.6 Å². The van der Waals surface area contributed by atoms with Gasteiger partial charge in [0.15, 0.2) is 0 Å². The van der Waals surface area contributed by atoms with Crippen molar-refractivity contribution in [1.82, 2.24) is 4.98 Å². The molecule has 0 amide bonds. The molecule has 4 nitrogen and oxygen atoms in total. The van der Waals surface area contributed by atoms with E-state index in [1.165, 1.54) is 13.3 Å². The highest BCUT2D eigenvalue weighted by atomic mass is 35.5. The number of ether oxygens (including phenoxy) is 1. The topological polar surface area (TPSA) is 42.4 Å². The van der Waals surface area contributed by atoms with Crippen molar-refractivity contribution in [3.05, 3.63) is 23.9 Å². The first-order valence-electron chi connectivity index (χ1n) is 6.26. The largest absolute Gasteiger partial charge is 0.465 e. The second-order valence-corrected chi connectivity index (χ2v) is 5.15. The SMILES string of the molecule is COC(=O)c1cccnc1N1CCC(Cl)C(F)(F)CC1. The Morgan fingerprint density at radius 1 is 1.55 bits per heavy atom. The van der Waals surface area contributed by atoms with Crippen molar-refractivity contribution in [2.45, 2.75) is 24.1 Å².